The van der Waals surface area contributed by atoms with Crippen molar-refractivity contribution in [1.82, 2.24) is 5.43 Å². The van der Waals surface area contributed by atoms with Crippen LogP contribution in [0.25, 0.3) is 0 Å². The second kappa shape index (κ2) is 6.35. The van der Waals surface area contributed by atoms with Crippen molar-refractivity contribution in [3.05, 3.63) is 69.5 Å². The highest BCUT2D eigenvalue weighted by atomic mass is 35.5. The van der Waals surface area contributed by atoms with Crippen molar-refractivity contribution in [1.29, 1.82) is 0 Å². The van der Waals surface area contributed by atoms with Crippen LogP contribution in [0.1, 0.15) is 28.3 Å². The summed E-state index contributed by atoms with van der Waals surface area (Å²) in [6.45, 7) is 4.10. The Labute approximate surface area is 123 Å². The summed E-state index contributed by atoms with van der Waals surface area (Å²) < 4.78 is 14.0. The number of hydrazine groups is 1. The van der Waals surface area contributed by atoms with E-state index in [9.17, 15) is 4.39 Å². The van der Waals surface area contributed by atoms with Gasteiger partial charge in [0.25, 0.3) is 0 Å². The fourth-order valence-electron chi connectivity index (χ4n) is 2.18. The van der Waals surface area contributed by atoms with Crippen molar-refractivity contribution in [2.45, 2.75) is 26.3 Å². The minimum Gasteiger partial charge on any atom is -0.271 e. The van der Waals surface area contributed by atoms with Crippen molar-refractivity contribution in [2.75, 3.05) is 0 Å². The Morgan fingerprint density at radius 1 is 1.20 bits per heavy atom. The molecular formula is C16H18ClFN2. The fourth-order valence-corrected chi connectivity index (χ4v) is 2.37. The topological polar surface area (TPSA) is 38.0 Å². The van der Waals surface area contributed by atoms with Crippen molar-refractivity contribution in [2.24, 2.45) is 5.84 Å². The number of rotatable bonds is 4. The summed E-state index contributed by atoms with van der Waals surface area (Å²) in [7, 11) is 0. The second-order valence-corrected chi connectivity index (χ2v) is 5.39. The van der Waals surface area contributed by atoms with E-state index in [-0.39, 0.29) is 16.9 Å². The van der Waals surface area contributed by atoms with Crippen LogP contribution >= 0.6 is 11.6 Å². The summed E-state index contributed by atoms with van der Waals surface area (Å²) in [4.78, 5) is 0. The minimum absolute atomic E-state index is 0.137. The van der Waals surface area contributed by atoms with Crippen LogP contribution < -0.4 is 11.3 Å². The summed E-state index contributed by atoms with van der Waals surface area (Å²) in [6, 6.07) is 11.0. The molecule has 0 aliphatic carbocycles. The van der Waals surface area contributed by atoms with Crippen LogP contribution in [-0.4, -0.2) is 0 Å². The molecule has 4 heteroatoms. The Kier molecular flexibility index (Phi) is 4.76. The molecule has 0 bridgehead atoms. The first-order chi connectivity index (χ1) is 9.52. The zero-order chi connectivity index (χ0) is 14.7. The Morgan fingerprint density at radius 3 is 2.60 bits per heavy atom. The van der Waals surface area contributed by atoms with Crippen LogP contribution in [0.5, 0.6) is 0 Å². The second-order valence-electron chi connectivity index (χ2n) is 4.98. The highest BCUT2D eigenvalue weighted by Crippen LogP contribution is 2.24. The lowest BCUT2D eigenvalue weighted by molar-refractivity contribution is 0.529. The first kappa shape index (κ1) is 15.0. The third-order valence-electron chi connectivity index (χ3n) is 3.59. The van der Waals surface area contributed by atoms with E-state index < -0.39 is 0 Å². The Morgan fingerprint density at radius 2 is 1.95 bits per heavy atom. The molecule has 20 heavy (non-hydrogen) atoms. The van der Waals surface area contributed by atoms with Gasteiger partial charge in [-0.3, -0.25) is 11.3 Å². The van der Waals surface area contributed by atoms with Gasteiger partial charge in [0, 0.05) is 0 Å². The first-order valence-corrected chi connectivity index (χ1v) is 6.87. The summed E-state index contributed by atoms with van der Waals surface area (Å²) in [5.41, 5.74) is 6.75. The average molecular weight is 293 g/mol. The van der Waals surface area contributed by atoms with Crippen molar-refractivity contribution in [3.63, 3.8) is 0 Å². The molecule has 0 heterocycles. The molecule has 0 radical (unpaired) electrons. The molecule has 2 nitrogen and oxygen atoms in total. The van der Waals surface area contributed by atoms with Crippen LogP contribution in [0.2, 0.25) is 5.02 Å². The number of hydrogen-bond donors (Lipinski definition) is 2. The SMILES string of the molecule is Cc1ccc(C(Cc2cccc(Cl)c2F)NN)cc1C. The summed E-state index contributed by atoms with van der Waals surface area (Å²) >= 11 is 5.81. The van der Waals surface area contributed by atoms with Gasteiger partial charge in [-0.2, -0.15) is 0 Å². The first-order valence-electron chi connectivity index (χ1n) is 6.49. The predicted molar refractivity (Wildman–Crippen MR) is 81.1 cm³/mol. The molecule has 0 spiro atoms. The van der Waals surface area contributed by atoms with Crippen LogP contribution in [0.4, 0.5) is 4.39 Å². The molecule has 0 aliphatic rings. The number of benzene rings is 2. The largest absolute Gasteiger partial charge is 0.271 e. The smallest absolute Gasteiger partial charge is 0.145 e. The van der Waals surface area contributed by atoms with Gasteiger partial charge in [-0.15, -0.1) is 0 Å². The lowest BCUT2D eigenvalue weighted by Gasteiger charge is -2.18. The Bertz CT molecular complexity index is 613. The van der Waals surface area contributed by atoms with E-state index in [2.05, 4.69) is 18.4 Å². The zero-order valence-corrected chi connectivity index (χ0v) is 12.3. The number of nitrogens with one attached hydrogen (secondary N) is 1. The third-order valence-corrected chi connectivity index (χ3v) is 3.88. The van der Waals surface area contributed by atoms with Gasteiger partial charge in [-0.1, -0.05) is 41.9 Å². The van der Waals surface area contributed by atoms with Crippen LogP contribution in [-0.2, 0) is 6.42 Å². The van der Waals surface area contributed by atoms with E-state index >= 15 is 0 Å². The van der Waals surface area contributed by atoms with Gasteiger partial charge in [0.15, 0.2) is 0 Å². The van der Waals surface area contributed by atoms with Crippen LogP contribution in [0.3, 0.4) is 0 Å². The van der Waals surface area contributed by atoms with E-state index in [1.807, 2.05) is 19.1 Å². The van der Waals surface area contributed by atoms with Crippen molar-refractivity contribution < 1.29 is 4.39 Å². The number of halogens is 2. The van der Waals surface area contributed by atoms with Crippen molar-refractivity contribution >= 4 is 11.6 Å². The molecule has 1 unspecified atom stereocenters. The quantitative estimate of drug-likeness (QED) is 0.664. The lowest BCUT2D eigenvalue weighted by Crippen LogP contribution is -2.30. The van der Waals surface area contributed by atoms with E-state index in [4.69, 9.17) is 17.4 Å². The molecule has 106 valence electrons. The maximum Gasteiger partial charge on any atom is 0.145 e. The summed E-state index contributed by atoms with van der Waals surface area (Å²) in [5, 5.41) is 0.137. The van der Waals surface area contributed by atoms with E-state index in [0.717, 1.165) is 5.56 Å². The van der Waals surface area contributed by atoms with Gasteiger partial charge in [0.2, 0.25) is 0 Å². The highest BCUT2D eigenvalue weighted by molar-refractivity contribution is 6.30. The molecule has 0 aromatic heterocycles. The normalized spacial score (nSPS) is 12.4. The molecule has 1 atom stereocenters. The van der Waals surface area contributed by atoms with Gasteiger partial charge >= 0.3 is 0 Å². The molecule has 2 rings (SSSR count). The van der Waals surface area contributed by atoms with Gasteiger partial charge in [0.05, 0.1) is 11.1 Å². The molecule has 0 amide bonds. The van der Waals surface area contributed by atoms with E-state index in [1.165, 1.54) is 11.1 Å². The van der Waals surface area contributed by atoms with E-state index in [0.29, 0.717) is 12.0 Å². The summed E-state index contributed by atoms with van der Waals surface area (Å²) in [5.74, 6) is 5.25. The van der Waals surface area contributed by atoms with Crippen LogP contribution in [0.15, 0.2) is 36.4 Å². The van der Waals surface area contributed by atoms with Gasteiger partial charge < -0.3 is 0 Å². The monoisotopic (exact) mass is 292 g/mol. The maximum absolute atomic E-state index is 14.0. The van der Waals surface area contributed by atoms with Gasteiger partial charge in [-0.25, -0.2) is 4.39 Å². The molecule has 0 fully saturated rings. The number of hydrogen-bond acceptors (Lipinski definition) is 2. The molecule has 3 N–H and O–H groups in total. The zero-order valence-electron chi connectivity index (χ0n) is 11.6. The van der Waals surface area contributed by atoms with Gasteiger partial charge in [-0.05, 0) is 48.6 Å². The minimum atomic E-state index is -0.377. The lowest BCUT2D eigenvalue weighted by atomic mass is 9.96. The highest BCUT2D eigenvalue weighted by Gasteiger charge is 2.15. The number of aryl methyl sites for hydroxylation is 2. The third kappa shape index (κ3) is 3.18. The summed E-state index contributed by atoms with van der Waals surface area (Å²) in [6.07, 6.45) is 0.450. The number of nitrogens with two attached hydrogens (primary N) is 1. The molecule has 0 saturated heterocycles. The van der Waals surface area contributed by atoms with Crippen LogP contribution in [0, 0.1) is 19.7 Å². The molecule has 2 aromatic rings. The standard InChI is InChI=1S/C16H18ClFN2/c1-10-6-7-12(8-11(10)2)15(20-19)9-13-4-3-5-14(17)16(13)18/h3-8,15,20H,9,19H2,1-2H3. The van der Waals surface area contributed by atoms with Gasteiger partial charge in [0.1, 0.15) is 5.82 Å². The molecule has 0 saturated carbocycles. The van der Waals surface area contributed by atoms with E-state index in [1.54, 1.807) is 18.2 Å². The molecular weight excluding hydrogens is 275 g/mol. The fraction of sp³-hybridized carbons (Fsp3) is 0.250. The van der Waals surface area contributed by atoms with Crippen molar-refractivity contribution in [3.8, 4) is 0 Å². The Balaban J connectivity index is 2.28. The maximum atomic E-state index is 14.0. The molecule has 2 aromatic carbocycles. The Hall–Kier alpha value is -1.42. The predicted octanol–water partition coefficient (Wildman–Crippen LogP) is 3.84. The molecule has 0 aliphatic heterocycles. The average Bonchev–Trinajstić information content (AvgIpc) is 2.44.